The first kappa shape index (κ1) is 19.8. The van der Waals surface area contributed by atoms with Crippen LogP contribution in [0.5, 0.6) is 0 Å². The summed E-state index contributed by atoms with van der Waals surface area (Å²) in [6.45, 7) is 0. The molecule has 4 nitrogen and oxygen atoms in total. The number of aryl methyl sites for hydroxylation is 1. The van der Waals surface area contributed by atoms with E-state index in [0.29, 0.717) is 12.1 Å². The normalized spacial score (nSPS) is 20.1. The van der Waals surface area contributed by atoms with Crippen molar-refractivity contribution in [1.82, 2.24) is 15.3 Å². The molecule has 2 saturated carbocycles. The third-order valence-corrected chi connectivity index (χ3v) is 5.93. The van der Waals surface area contributed by atoms with Gasteiger partial charge >= 0.3 is 0 Å². The molecule has 0 amide bonds. The molecule has 0 aliphatic heterocycles. The predicted molar refractivity (Wildman–Crippen MR) is 109 cm³/mol. The second kappa shape index (κ2) is 11.2. The van der Waals surface area contributed by atoms with E-state index in [4.69, 9.17) is 4.99 Å². The van der Waals surface area contributed by atoms with Crippen LogP contribution in [0.3, 0.4) is 0 Å². The van der Waals surface area contributed by atoms with Crippen LogP contribution in [-0.4, -0.2) is 33.0 Å². The lowest BCUT2D eigenvalue weighted by Crippen LogP contribution is -2.35. The van der Waals surface area contributed by atoms with E-state index in [9.17, 15) is 0 Å². The summed E-state index contributed by atoms with van der Waals surface area (Å²) in [6, 6.07) is 1.23. The molecule has 2 fully saturated rings. The highest BCUT2D eigenvalue weighted by Crippen LogP contribution is 2.24. The molecule has 1 aromatic rings. The smallest absolute Gasteiger partial charge is 0.157 e. The molecule has 1 heterocycles. The summed E-state index contributed by atoms with van der Waals surface area (Å²) in [5.74, 6) is 1.13. The lowest BCUT2D eigenvalue weighted by atomic mass is 9.96. The molecule has 0 saturated heterocycles. The number of rotatable bonds is 6. The van der Waals surface area contributed by atoms with E-state index in [2.05, 4.69) is 15.3 Å². The third-order valence-electron chi connectivity index (χ3n) is 4.94. The van der Waals surface area contributed by atoms with Gasteiger partial charge in [0, 0.05) is 23.7 Å². The van der Waals surface area contributed by atoms with E-state index in [0.717, 1.165) is 12.2 Å². The minimum Gasteiger partial charge on any atom is -0.362 e. The second-order valence-electron chi connectivity index (χ2n) is 6.88. The maximum absolute atomic E-state index is 5.05. The van der Waals surface area contributed by atoms with Gasteiger partial charge in [-0.3, -0.25) is 4.99 Å². The zero-order valence-corrected chi connectivity index (χ0v) is 17.0. The van der Waals surface area contributed by atoms with Crippen LogP contribution in [-0.2, 0) is 6.42 Å². The maximum Gasteiger partial charge on any atom is 0.157 e. The Morgan fingerprint density at radius 1 is 1.17 bits per heavy atom. The van der Waals surface area contributed by atoms with E-state index in [1.165, 1.54) is 75.1 Å². The Balaban J connectivity index is 0.00000208. The van der Waals surface area contributed by atoms with Gasteiger partial charge in [-0.25, -0.2) is 4.98 Å². The zero-order chi connectivity index (χ0) is 15.7. The van der Waals surface area contributed by atoms with Gasteiger partial charge < -0.3 is 10.3 Å². The lowest BCUT2D eigenvalue weighted by Gasteiger charge is -2.25. The van der Waals surface area contributed by atoms with Crippen LogP contribution >= 0.6 is 28.7 Å². The molecule has 2 aliphatic rings. The van der Waals surface area contributed by atoms with Crippen molar-refractivity contribution in [2.75, 3.05) is 5.75 Å². The first-order chi connectivity index (χ1) is 11.4. The average molecular weight is 415 g/mol. The van der Waals surface area contributed by atoms with Crippen molar-refractivity contribution < 1.29 is 0 Å². The minimum atomic E-state index is 0. The minimum absolute atomic E-state index is 0. The van der Waals surface area contributed by atoms with Crippen molar-refractivity contribution in [2.45, 2.75) is 82.7 Å². The number of nitrogens with zero attached hydrogens (tertiary/aromatic N) is 2. The average Bonchev–Trinajstić information content (AvgIpc) is 3.26. The van der Waals surface area contributed by atoms with E-state index >= 15 is 0 Å². The molecule has 0 aromatic carbocycles. The van der Waals surface area contributed by atoms with E-state index < -0.39 is 0 Å². The van der Waals surface area contributed by atoms with E-state index in [-0.39, 0.29) is 17.0 Å². The van der Waals surface area contributed by atoms with Crippen molar-refractivity contribution in [1.29, 1.82) is 0 Å². The van der Waals surface area contributed by atoms with Gasteiger partial charge in [-0.05, 0) is 38.5 Å². The van der Waals surface area contributed by atoms with Crippen LogP contribution in [0.4, 0.5) is 0 Å². The van der Waals surface area contributed by atoms with Crippen molar-refractivity contribution in [3.05, 3.63) is 18.2 Å². The van der Waals surface area contributed by atoms with Crippen LogP contribution in [0.1, 0.15) is 69.9 Å². The van der Waals surface area contributed by atoms with Gasteiger partial charge in [0.2, 0.25) is 0 Å². The number of H-pyrrole nitrogens is 1. The molecule has 2 aliphatic carbocycles. The molecular weight excluding hydrogens is 384 g/mol. The summed E-state index contributed by atoms with van der Waals surface area (Å²) in [6.07, 6.45) is 18.0. The number of hydrogen-bond donors (Lipinski definition) is 2. The Labute approximate surface area is 160 Å². The molecule has 1 aromatic heterocycles. The van der Waals surface area contributed by atoms with Gasteiger partial charge in [-0.15, -0.1) is 17.0 Å². The highest BCUT2D eigenvalue weighted by molar-refractivity contribution is 8.93. The number of imidazole rings is 1. The number of thioether (sulfide) groups is 1. The number of aromatic nitrogens is 2. The first-order valence-electron chi connectivity index (χ1n) is 9.34. The van der Waals surface area contributed by atoms with Gasteiger partial charge in [-0.2, -0.15) is 0 Å². The topological polar surface area (TPSA) is 53.1 Å². The summed E-state index contributed by atoms with van der Waals surface area (Å²) < 4.78 is 0. The Morgan fingerprint density at radius 3 is 2.62 bits per heavy atom. The fraction of sp³-hybridized carbons (Fsp3) is 0.778. The number of aliphatic imine (C=N–C) groups is 1. The number of aromatic amines is 1. The fourth-order valence-corrected chi connectivity index (χ4v) is 4.55. The summed E-state index contributed by atoms with van der Waals surface area (Å²) in [5.41, 5.74) is 1.24. The molecule has 0 atom stereocenters. The molecule has 0 radical (unpaired) electrons. The van der Waals surface area contributed by atoms with E-state index in [1.807, 2.05) is 18.0 Å². The lowest BCUT2D eigenvalue weighted by molar-refractivity contribution is 0.414. The quantitative estimate of drug-likeness (QED) is 0.396. The fourth-order valence-electron chi connectivity index (χ4n) is 3.59. The summed E-state index contributed by atoms with van der Waals surface area (Å²) in [7, 11) is 0. The van der Waals surface area contributed by atoms with Crippen LogP contribution in [0.25, 0.3) is 0 Å². The highest BCUT2D eigenvalue weighted by Gasteiger charge is 2.18. The predicted octanol–water partition coefficient (Wildman–Crippen LogP) is 4.87. The Bertz CT molecular complexity index is 465. The summed E-state index contributed by atoms with van der Waals surface area (Å²) in [4.78, 5) is 12.3. The maximum atomic E-state index is 5.05. The molecule has 6 heteroatoms. The van der Waals surface area contributed by atoms with Gasteiger partial charge in [0.1, 0.15) is 0 Å². The first-order valence-corrected chi connectivity index (χ1v) is 10.3. The second-order valence-corrected chi connectivity index (χ2v) is 7.96. The van der Waals surface area contributed by atoms with Crippen LogP contribution < -0.4 is 5.32 Å². The summed E-state index contributed by atoms with van der Waals surface area (Å²) in [5, 5.41) is 4.99. The standard InChI is InChI=1S/C18H30N4S.BrH/c1-2-7-15(8-3-1)21-18(22-16-9-4-5-10-16)23-12-6-11-17-13-19-14-20-17;/h13-16H,1-12H2,(H,19,20)(H,21,22);1H. The van der Waals surface area contributed by atoms with Crippen molar-refractivity contribution in [3.63, 3.8) is 0 Å². The van der Waals surface area contributed by atoms with Gasteiger partial charge in [-0.1, -0.05) is 43.9 Å². The third kappa shape index (κ3) is 6.79. The SMILES string of the molecule is Br.c1ncc(CCCSC(=NC2CCCC2)NC2CCCCC2)[nH]1. The Hall–Kier alpha value is -0.490. The van der Waals surface area contributed by atoms with Crippen LogP contribution in [0.2, 0.25) is 0 Å². The van der Waals surface area contributed by atoms with Gasteiger partial charge in [0.15, 0.2) is 5.17 Å². The van der Waals surface area contributed by atoms with Crippen molar-refractivity contribution in [3.8, 4) is 0 Å². The largest absolute Gasteiger partial charge is 0.362 e. The molecule has 3 rings (SSSR count). The van der Waals surface area contributed by atoms with Crippen molar-refractivity contribution >= 4 is 33.9 Å². The molecular formula is C18H31BrN4S. The number of nitrogens with one attached hydrogen (secondary N) is 2. The highest BCUT2D eigenvalue weighted by atomic mass is 79.9. The molecule has 2 N–H and O–H groups in total. The molecule has 0 bridgehead atoms. The van der Waals surface area contributed by atoms with Gasteiger partial charge in [0.25, 0.3) is 0 Å². The van der Waals surface area contributed by atoms with Crippen LogP contribution in [0, 0.1) is 0 Å². The number of halogens is 1. The molecule has 136 valence electrons. The Kier molecular flexibility index (Phi) is 9.24. The number of hydrogen-bond acceptors (Lipinski definition) is 3. The molecule has 24 heavy (non-hydrogen) atoms. The number of amidine groups is 1. The summed E-state index contributed by atoms with van der Waals surface area (Å²) >= 11 is 1.93. The van der Waals surface area contributed by atoms with Crippen molar-refractivity contribution in [2.24, 2.45) is 4.99 Å². The van der Waals surface area contributed by atoms with Gasteiger partial charge in [0.05, 0.1) is 12.4 Å². The zero-order valence-electron chi connectivity index (χ0n) is 14.5. The molecule has 0 spiro atoms. The van der Waals surface area contributed by atoms with Crippen LogP contribution in [0.15, 0.2) is 17.5 Å². The monoisotopic (exact) mass is 414 g/mol. The molecule has 0 unspecified atom stereocenters. The van der Waals surface area contributed by atoms with E-state index in [1.54, 1.807) is 6.33 Å². The Morgan fingerprint density at radius 2 is 1.92 bits per heavy atom.